The molecule has 0 aliphatic heterocycles. The normalized spacial score (nSPS) is 10.8. The Morgan fingerprint density at radius 3 is 2.62 bits per heavy atom. The van der Waals surface area contributed by atoms with Crippen molar-refractivity contribution < 1.29 is 8.78 Å². The highest BCUT2D eigenvalue weighted by atomic mass is 79.9. The van der Waals surface area contributed by atoms with Gasteiger partial charge in [0.25, 0.3) is 0 Å². The summed E-state index contributed by atoms with van der Waals surface area (Å²) in [5.41, 5.74) is 1.69. The topological polar surface area (TPSA) is 28.7 Å². The maximum atomic E-state index is 13.8. The van der Waals surface area contributed by atoms with E-state index in [1.165, 1.54) is 12.1 Å². The number of nitrogens with zero attached hydrogens (tertiary/aromatic N) is 1. The van der Waals surface area contributed by atoms with Crippen LogP contribution in [0.25, 0.3) is 11.4 Å². The number of nitrogens with one attached hydrogen (secondary N) is 1. The second-order valence-corrected chi connectivity index (χ2v) is 5.57. The van der Waals surface area contributed by atoms with E-state index >= 15 is 0 Å². The fourth-order valence-corrected chi connectivity index (χ4v) is 2.44. The minimum Gasteiger partial charge on any atom is -0.341 e. The van der Waals surface area contributed by atoms with Crippen LogP contribution in [0.3, 0.4) is 0 Å². The third kappa shape index (κ3) is 3.03. The molecule has 106 valence electrons. The highest BCUT2D eigenvalue weighted by molar-refractivity contribution is 9.10. The Bertz CT molecular complexity index is 783. The summed E-state index contributed by atoms with van der Waals surface area (Å²) in [7, 11) is 0. The number of imidazole rings is 1. The van der Waals surface area contributed by atoms with Crippen LogP contribution in [0.2, 0.25) is 0 Å². The summed E-state index contributed by atoms with van der Waals surface area (Å²) in [5, 5.41) is 0. The third-order valence-corrected chi connectivity index (χ3v) is 3.65. The van der Waals surface area contributed by atoms with Crippen LogP contribution in [0, 0.1) is 11.6 Å². The van der Waals surface area contributed by atoms with E-state index in [9.17, 15) is 8.78 Å². The molecule has 2 aromatic carbocycles. The van der Waals surface area contributed by atoms with Crippen LogP contribution < -0.4 is 0 Å². The summed E-state index contributed by atoms with van der Waals surface area (Å²) in [6, 6.07) is 11.3. The van der Waals surface area contributed by atoms with Crippen molar-refractivity contribution in [3.63, 3.8) is 0 Å². The van der Waals surface area contributed by atoms with E-state index in [1.807, 2.05) is 0 Å². The van der Waals surface area contributed by atoms with Crippen molar-refractivity contribution in [2.45, 2.75) is 6.42 Å². The standard InChI is InChI=1S/C16H11BrF2N2/c17-11-6-5-10(15(19)8-11)7-12-9-20-16(21-12)13-3-1-2-4-14(13)18/h1-6,8-9H,7H2,(H,20,21). The van der Waals surface area contributed by atoms with E-state index in [4.69, 9.17) is 0 Å². The van der Waals surface area contributed by atoms with E-state index in [0.717, 1.165) is 5.69 Å². The zero-order valence-corrected chi connectivity index (χ0v) is 12.5. The molecular formula is C16H11BrF2N2. The van der Waals surface area contributed by atoms with Crippen LogP contribution in [-0.4, -0.2) is 9.97 Å². The molecule has 0 saturated carbocycles. The van der Waals surface area contributed by atoms with Crippen molar-refractivity contribution >= 4 is 15.9 Å². The number of aromatic amines is 1. The van der Waals surface area contributed by atoms with E-state index in [0.29, 0.717) is 27.8 Å². The SMILES string of the molecule is Fc1cc(Br)ccc1Cc1cnc(-c2ccccc2F)[nH]1. The van der Waals surface area contributed by atoms with Gasteiger partial charge in [0.1, 0.15) is 17.5 Å². The molecular weight excluding hydrogens is 338 g/mol. The maximum absolute atomic E-state index is 13.8. The Balaban J connectivity index is 1.87. The van der Waals surface area contributed by atoms with Gasteiger partial charge in [0.05, 0.1) is 5.56 Å². The lowest BCUT2D eigenvalue weighted by molar-refractivity contribution is 0.612. The van der Waals surface area contributed by atoms with E-state index in [2.05, 4.69) is 25.9 Å². The third-order valence-electron chi connectivity index (χ3n) is 3.15. The van der Waals surface area contributed by atoms with E-state index in [1.54, 1.807) is 36.5 Å². The average Bonchev–Trinajstić information content (AvgIpc) is 2.91. The molecule has 0 amide bonds. The first-order valence-corrected chi connectivity index (χ1v) is 7.15. The van der Waals surface area contributed by atoms with Crippen molar-refractivity contribution in [2.24, 2.45) is 0 Å². The lowest BCUT2D eigenvalue weighted by Crippen LogP contribution is -1.93. The van der Waals surface area contributed by atoms with Gasteiger partial charge in [-0.25, -0.2) is 13.8 Å². The van der Waals surface area contributed by atoms with Crippen LogP contribution >= 0.6 is 15.9 Å². The summed E-state index contributed by atoms with van der Waals surface area (Å²) in [6.07, 6.45) is 1.98. The molecule has 3 aromatic rings. The first-order chi connectivity index (χ1) is 10.1. The first kappa shape index (κ1) is 13.9. The van der Waals surface area contributed by atoms with Gasteiger partial charge in [-0.3, -0.25) is 0 Å². The molecule has 0 aliphatic rings. The zero-order valence-electron chi connectivity index (χ0n) is 10.9. The molecule has 0 fully saturated rings. The van der Waals surface area contributed by atoms with Crippen LogP contribution in [0.1, 0.15) is 11.3 Å². The predicted molar refractivity (Wildman–Crippen MR) is 80.9 cm³/mol. The van der Waals surface area contributed by atoms with Gasteiger partial charge in [-0.05, 0) is 29.8 Å². The Labute approximate surface area is 129 Å². The molecule has 0 radical (unpaired) electrons. The Morgan fingerprint density at radius 2 is 1.86 bits per heavy atom. The van der Waals surface area contributed by atoms with Crippen molar-refractivity contribution in [3.05, 3.63) is 76.0 Å². The van der Waals surface area contributed by atoms with Crippen LogP contribution in [-0.2, 0) is 6.42 Å². The summed E-state index contributed by atoms with van der Waals surface area (Å²) in [4.78, 5) is 7.19. The highest BCUT2D eigenvalue weighted by Crippen LogP contribution is 2.21. The van der Waals surface area contributed by atoms with Crippen molar-refractivity contribution in [1.82, 2.24) is 9.97 Å². The fraction of sp³-hybridized carbons (Fsp3) is 0.0625. The Morgan fingerprint density at radius 1 is 1.05 bits per heavy atom. The number of hydrogen-bond acceptors (Lipinski definition) is 1. The summed E-state index contributed by atoms with van der Waals surface area (Å²) >= 11 is 3.22. The smallest absolute Gasteiger partial charge is 0.140 e. The lowest BCUT2D eigenvalue weighted by Gasteiger charge is -2.02. The molecule has 1 heterocycles. The van der Waals surface area contributed by atoms with Gasteiger partial charge < -0.3 is 4.98 Å². The molecule has 0 aliphatic carbocycles. The number of aromatic nitrogens is 2. The molecule has 0 bridgehead atoms. The largest absolute Gasteiger partial charge is 0.341 e. The van der Waals surface area contributed by atoms with Crippen LogP contribution in [0.15, 0.2) is 53.1 Å². The first-order valence-electron chi connectivity index (χ1n) is 6.36. The zero-order chi connectivity index (χ0) is 14.8. The minimum absolute atomic E-state index is 0.286. The number of H-pyrrole nitrogens is 1. The lowest BCUT2D eigenvalue weighted by atomic mass is 10.1. The number of halogens is 3. The van der Waals surface area contributed by atoms with Gasteiger partial charge in [-0.1, -0.05) is 34.1 Å². The number of benzene rings is 2. The molecule has 1 aromatic heterocycles. The molecule has 0 unspecified atom stereocenters. The molecule has 21 heavy (non-hydrogen) atoms. The van der Waals surface area contributed by atoms with E-state index < -0.39 is 0 Å². The quantitative estimate of drug-likeness (QED) is 0.729. The second-order valence-electron chi connectivity index (χ2n) is 4.65. The monoisotopic (exact) mass is 348 g/mol. The molecule has 2 nitrogen and oxygen atoms in total. The van der Waals surface area contributed by atoms with Gasteiger partial charge in [-0.2, -0.15) is 0 Å². The Hall–Kier alpha value is -2.01. The summed E-state index contributed by atoms with van der Waals surface area (Å²) < 4.78 is 28.2. The Kier molecular flexibility index (Phi) is 3.84. The van der Waals surface area contributed by atoms with Gasteiger partial charge in [0.15, 0.2) is 0 Å². The molecule has 0 atom stereocenters. The van der Waals surface area contributed by atoms with E-state index in [-0.39, 0.29) is 11.6 Å². The van der Waals surface area contributed by atoms with Gasteiger partial charge in [0, 0.05) is 22.8 Å². The highest BCUT2D eigenvalue weighted by Gasteiger charge is 2.10. The summed E-state index contributed by atoms with van der Waals surface area (Å²) in [5.74, 6) is -0.180. The van der Waals surface area contributed by atoms with Gasteiger partial charge in [0.2, 0.25) is 0 Å². The van der Waals surface area contributed by atoms with Crippen LogP contribution in [0.5, 0.6) is 0 Å². The molecule has 5 heteroatoms. The van der Waals surface area contributed by atoms with Crippen LogP contribution in [0.4, 0.5) is 8.78 Å². The van der Waals surface area contributed by atoms with Gasteiger partial charge >= 0.3 is 0 Å². The maximum Gasteiger partial charge on any atom is 0.140 e. The molecule has 3 rings (SSSR count). The molecule has 0 saturated heterocycles. The van der Waals surface area contributed by atoms with Crippen molar-refractivity contribution in [2.75, 3.05) is 0 Å². The summed E-state index contributed by atoms with van der Waals surface area (Å²) in [6.45, 7) is 0. The second kappa shape index (κ2) is 5.77. The number of hydrogen-bond donors (Lipinski definition) is 1. The minimum atomic E-state index is -0.340. The van der Waals surface area contributed by atoms with Crippen molar-refractivity contribution in [3.8, 4) is 11.4 Å². The van der Waals surface area contributed by atoms with Crippen molar-refractivity contribution in [1.29, 1.82) is 0 Å². The molecule has 1 N–H and O–H groups in total. The van der Waals surface area contributed by atoms with Gasteiger partial charge in [-0.15, -0.1) is 0 Å². The fourth-order valence-electron chi connectivity index (χ4n) is 2.11. The predicted octanol–water partition coefficient (Wildman–Crippen LogP) is 4.71. The number of rotatable bonds is 3. The average molecular weight is 349 g/mol. The molecule has 0 spiro atoms.